The highest BCUT2D eigenvalue weighted by molar-refractivity contribution is 5.73. The van der Waals surface area contributed by atoms with Crippen LogP contribution in [0.2, 0.25) is 0 Å². The van der Waals surface area contributed by atoms with Crippen LogP contribution in [0.15, 0.2) is 24.5 Å². The van der Waals surface area contributed by atoms with Gasteiger partial charge in [0.15, 0.2) is 0 Å². The molecule has 0 aliphatic carbocycles. The van der Waals surface area contributed by atoms with Gasteiger partial charge in [-0.05, 0) is 31.9 Å². The zero-order chi connectivity index (χ0) is 12.5. The summed E-state index contributed by atoms with van der Waals surface area (Å²) in [6.45, 7) is 4.67. The van der Waals surface area contributed by atoms with Crippen LogP contribution < -0.4 is 0 Å². The van der Waals surface area contributed by atoms with Crippen LogP contribution in [0.5, 0.6) is 0 Å². The molecule has 1 aromatic rings. The Balaban J connectivity index is 2.25. The van der Waals surface area contributed by atoms with Gasteiger partial charge in [-0.1, -0.05) is 6.07 Å². The predicted molar refractivity (Wildman–Crippen MR) is 62.8 cm³/mol. The van der Waals surface area contributed by atoms with Gasteiger partial charge in [0.2, 0.25) is 0 Å². The highest BCUT2D eigenvalue weighted by Gasteiger charge is 2.46. The van der Waals surface area contributed by atoms with E-state index >= 15 is 0 Å². The number of carboxylic acids is 1. The van der Waals surface area contributed by atoms with Crippen LogP contribution in [-0.4, -0.2) is 29.3 Å². The first-order chi connectivity index (χ1) is 7.96. The van der Waals surface area contributed by atoms with Gasteiger partial charge < -0.3 is 9.84 Å². The summed E-state index contributed by atoms with van der Waals surface area (Å²) in [4.78, 5) is 15.3. The molecule has 1 aliphatic rings. The lowest BCUT2D eigenvalue weighted by Crippen LogP contribution is -2.50. The molecule has 1 aromatic heterocycles. The average Bonchev–Trinajstić information content (AvgIpc) is 2.24. The largest absolute Gasteiger partial charge is 0.481 e. The molecule has 1 saturated heterocycles. The Morgan fingerprint density at radius 3 is 2.71 bits per heavy atom. The second-order valence-electron chi connectivity index (χ2n) is 5.38. The molecule has 1 aliphatic heterocycles. The lowest BCUT2D eigenvalue weighted by atomic mass is 9.68. The van der Waals surface area contributed by atoms with Crippen LogP contribution in [0.4, 0.5) is 0 Å². The van der Waals surface area contributed by atoms with Crippen LogP contribution >= 0.6 is 0 Å². The molecule has 0 spiro atoms. The molecule has 0 unspecified atom stereocenters. The molecule has 17 heavy (non-hydrogen) atoms. The molecule has 4 heteroatoms. The molecule has 2 rings (SSSR count). The van der Waals surface area contributed by atoms with E-state index < -0.39 is 11.4 Å². The molecule has 1 fully saturated rings. The maximum absolute atomic E-state index is 11.2. The molecule has 0 bridgehead atoms. The molecule has 1 N–H and O–H groups in total. The zero-order valence-corrected chi connectivity index (χ0v) is 10.1. The third kappa shape index (κ3) is 2.17. The van der Waals surface area contributed by atoms with E-state index in [1.807, 2.05) is 12.1 Å². The van der Waals surface area contributed by atoms with Gasteiger partial charge in [-0.3, -0.25) is 9.78 Å². The van der Waals surface area contributed by atoms with Crippen molar-refractivity contribution in [3.63, 3.8) is 0 Å². The second kappa shape index (κ2) is 4.11. The summed E-state index contributed by atoms with van der Waals surface area (Å²) in [6, 6.07) is 3.87. The maximum Gasteiger partial charge on any atom is 0.309 e. The van der Waals surface area contributed by atoms with Crippen LogP contribution in [-0.2, 0) is 14.9 Å². The Morgan fingerprint density at radius 1 is 1.59 bits per heavy atom. The summed E-state index contributed by atoms with van der Waals surface area (Å²) >= 11 is 0. The van der Waals surface area contributed by atoms with Crippen LogP contribution in [0, 0.1) is 5.41 Å². The van der Waals surface area contributed by atoms with Crippen LogP contribution in [0.1, 0.15) is 25.8 Å². The molecular weight excluding hydrogens is 218 g/mol. The summed E-state index contributed by atoms with van der Waals surface area (Å²) in [7, 11) is 0. The number of aromatic nitrogens is 1. The van der Waals surface area contributed by atoms with Gasteiger partial charge in [0.05, 0.1) is 18.6 Å². The molecule has 92 valence electrons. The van der Waals surface area contributed by atoms with Gasteiger partial charge in [0, 0.05) is 17.8 Å². The number of carboxylic acid groups (broad SMARTS) is 1. The smallest absolute Gasteiger partial charge is 0.309 e. The lowest BCUT2D eigenvalue weighted by molar-refractivity contribution is -0.152. The average molecular weight is 235 g/mol. The summed E-state index contributed by atoms with van der Waals surface area (Å²) < 4.78 is 5.30. The SMILES string of the molecule is CC(C)(CC1(c2cccnc2)COC1)C(=O)O. The first kappa shape index (κ1) is 12.0. The van der Waals surface area contributed by atoms with Gasteiger partial charge in [0.25, 0.3) is 0 Å². The minimum absolute atomic E-state index is 0.184. The van der Waals surface area contributed by atoms with E-state index in [1.165, 1.54) is 0 Å². The Hall–Kier alpha value is -1.42. The van der Waals surface area contributed by atoms with Crippen molar-refractivity contribution in [3.05, 3.63) is 30.1 Å². The third-order valence-electron chi connectivity index (χ3n) is 3.39. The number of pyridine rings is 1. The van der Waals surface area contributed by atoms with E-state index in [9.17, 15) is 9.90 Å². The first-order valence-electron chi connectivity index (χ1n) is 5.68. The number of aliphatic carboxylic acids is 1. The quantitative estimate of drug-likeness (QED) is 0.865. The van der Waals surface area contributed by atoms with Crippen molar-refractivity contribution in [1.29, 1.82) is 0 Å². The summed E-state index contributed by atoms with van der Waals surface area (Å²) in [5.74, 6) is -0.771. The predicted octanol–water partition coefficient (Wildman–Crippen LogP) is 1.85. The van der Waals surface area contributed by atoms with E-state index in [0.717, 1.165) is 5.56 Å². The van der Waals surface area contributed by atoms with E-state index in [-0.39, 0.29) is 5.41 Å². The minimum atomic E-state index is -0.771. The fourth-order valence-corrected chi connectivity index (χ4v) is 2.32. The number of carbonyl (C=O) groups is 1. The van der Waals surface area contributed by atoms with Gasteiger partial charge in [-0.25, -0.2) is 0 Å². The molecule has 0 radical (unpaired) electrons. The van der Waals surface area contributed by atoms with Crippen molar-refractivity contribution in [2.75, 3.05) is 13.2 Å². The molecule has 0 atom stereocenters. The third-order valence-corrected chi connectivity index (χ3v) is 3.39. The van der Waals surface area contributed by atoms with Gasteiger partial charge in [0.1, 0.15) is 0 Å². The van der Waals surface area contributed by atoms with E-state index in [0.29, 0.717) is 19.6 Å². The minimum Gasteiger partial charge on any atom is -0.481 e. The number of hydrogen-bond acceptors (Lipinski definition) is 3. The molecule has 0 aromatic carbocycles. The van der Waals surface area contributed by atoms with Gasteiger partial charge >= 0.3 is 5.97 Å². The molecule has 2 heterocycles. The van der Waals surface area contributed by atoms with E-state index in [4.69, 9.17) is 4.74 Å². The Bertz CT molecular complexity index is 410. The van der Waals surface area contributed by atoms with Crippen molar-refractivity contribution >= 4 is 5.97 Å². The summed E-state index contributed by atoms with van der Waals surface area (Å²) in [5, 5.41) is 9.21. The topological polar surface area (TPSA) is 59.4 Å². The monoisotopic (exact) mass is 235 g/mol. The zero-order valence-electron chi connectivity index (χ0n) is 10.1. The fourth-order valence-electron chi connectivity index (χ4n) is 2.32. The number of hydrogen-bond donors (Lipinski definition) is 1. The summed E-state index contributed by atoms with van der Waals surface area (Å²) in [6.07, 6.45) is 4.10. The Labute approximate surface area is 101 Å². The lowest BCUT2D eigenvalue weighted by Gasteiger charge is -2.45. The normalized spacial score (nSPS) is 18.5. The standard InChI is InChI=1S/C13H17NO3/c1-12(2,11(15)16)7-13(8-17-9-13)10-4-3-5-14-6-10/h3-6H,7-9H2,1-2H3,(H,15,16). The van der Waals surface area contributed by atoms with E-state index in [1.54, 1.807) is 26.2 Å². The summed E-state index contributed by atoms with van der Waals surface area (Å²) in [5.41, 5.74) is 0.135. The van der Waals surface area contributed by atoms with Crippen molar-refractivity contribution < 1.29 is 14.6 Å². The Morgan fingerprint density at radius 2 is 2.29 bits per heavy atom. The number of rotatable bonds is 4. The van der Waals surface area contributed by atoms with Crippen molar-refractivity contribution in [1.82, 2.24) is 4.98 Å². The van der Waals surface area contributed by atoms with Crippen molar-refractivity contribution in [3.8, 4) is 0 Å². The molecule has 4 nitrogen and oxygen atoms in total. The van der Waals surface area contributed by atoms with Crippen LogP contribution in [0.25, 0.3) is 0 Å². The van der Waals surface area contributed by atoms with Crippen molar-refractivity contribution in [2.45, 2.75) is 25.7 Å². The molecular formula is C13H17NO3. The van der Waals surface area contributed by atoms with Crippen molar-refractivity contribution in [2.24, 2.45) is 5.41 Å². The number of nitrogens with zero attached hydrogens (tertiary/aromatic N) is 1. The maximum atomic E-state index is 11.2. The Kier molecular flexibility index (Phi) is 2.91. The first-order valence-corrected chi connectivity index (χ1v) is 5.68. The van der Waals surface area contributed by atoms with Gasteiger partial charge in [-0.15, -0.1) is 0 Å². The van der Waals surface area contributed by atoms with Gasteiger partial charge in [-0.2, -0.15) is 0 Å². The molecule has 0 amide bonds. The highest BCUT2D eigenvalue weighted by Crippen LogP contribution is 2.42. The van der Waals surface area contributed by atoms with Crippen LogP contribution in [0.3, 0.4) is 0 Å². The molecule has 0 saturated carbocycles. The second-order valence-corrected chi connectivity index (χ2v) is 5.38. The highest BCUT2D eigenvalue weighted by atomic mass is 16.5. The fraction of sp³-hybridized carbons (Fsp3) is 0.538. The van der Waals surface area contributed by atoms with E-state index in [2.05, 4.69) is 4.98 Å². The number of ether oxygens (including phenoxy) is 1.